The molecule has 0 spiro atoms. The van der Waals surface area contributed by atoms with E-state index in [9.17, 15) is 4.79 Å². The van der Waals surface area contributed by atoms with Gasteiger partial charge in [0.2, 0.25) is 5.91 Å². The van der Waals surface area contributed by atoms with Gasteiger partial charge in [0.15, 0.2) is 5.95 Å². The summed E-state index contributed by atoms with van der Waals surface area (Å²) in [7, 11) is 0. The van der Waals surface area contributed by atoms with Crippen molar-refractivity contribution in [2.45, 2.75) is 12.8 Å². The Hall–Kier alpha value is -2.82. The second-order valence-electron chi connectivity index (χ2n) is 4.89. The third-order valence-electron chi connectivity index (χ3n) is 3.27. The van der Waals surface area contributed by atoms with E-state index in [1.807, 2.05) is 48.5 Å². The Morgan fingerprint density at radius 3 is 2.81 bits per heavy atom. The van der Waals surface area contributed by atoms with Gasteiger partial charge in [-0.3, -0.25) is 4.79 Å². The van der Waals surface area contributed by atoms with E-state index in [1.165, 1.54) is 0 Å². The second kappa shape index (κ2) is 5.66. The summed E-state index contributed by atoms with van der Waals surface area (Å²) in [5, 5.41) is 2.89. The van der Waals surface area contributed by atoms with Crippen molar-refractivity contribution in [2.75, 3.05) is 11.1 Å². The van der Waals surface area contributed by atoms with E-state index in [1.54, 1.807) is 0 Å². The van der Waals surface area contributed by atoms with Crippen molar-refractivity contribution in [2.24, 2.45) is 0 Å². The third kappa shape index (κ3) is 3.20. The number of nitrogens with one attached hydrogen (secondary N) is 2. The quantitative estimate of drug-likeness (QED) is 0.687. The van der Waals surface area contributed by atoms with Gasteiger partial charge in [-0.2, -0.15) is 0 Å². The maximum atomic E-state index is 12.0. The van der Waals surface area contributed by atoms with Crippen molar-refractivity contribution in [3.63, 3.8) is 0 Å². The first kappa shape index (κ1) is 13.2. The number of anilines is 2. The summed E-state index contributed by atoms with van der Waals surface area (Å²) >= 11 is 0. The number of benzene rings is 2. The number of nitrogens with two attached hydrogens (primary N) is 1. The number of hydrogen-bond donors (Lipinski definition) is 3. The summed E-state index contributed by atoms with van der Waals surface area (Å²) in [6.45, 7) is 0. The zero-order valence-electron chi connectivity index (χ0n) is 11.5. The summed E-state index contributed by atoms with van der Waals surface area (Å²) in [4.78, 5) is 19.0. The van der Waals surface area contributed by atoms with E-state index in [2.05, 4.69) is 15.3 Å². The molecule has 0 aliphatic carbocycles. The van der Waals surface area contributed by atoms with Gasteiger partial charge in [0, 0.05) is 12.1 Å². The van der Waals surface area contributed by atoms with E-state index >= 15 is 0 Å². The van der Waals surface area contributed by atoms with Crippen LogP contribution in [0.3, 0.4) is 0 Å². The Balaban J connectivity index is 1.63. The molecule has 0 saturated carbocycles. The molecule has 0 aliphatic heterocycles. The highest BCUT2D eigenvalue weighted by atomic mass is 16.1. The Labute approximate surface area is 122 Å². The molecule has 0 fully saturated rings. The van der Waals surface area contributed by atoms with Crippen LogP contribution in [0.1, 0.15) is 12.0 Å². The number of rotatable bonds is 4. The molecule has 0 saturated heterocycles. The molecule has 1 amide bonds. The van der Waals surface area contributed by atoms with E-state index < -0.39 is 0 Å². The molecule has 5 nitrogen and oxygen atoms in total. The number of carbonyl (C=O) groups excluding carboxylic acids is 1. The highest BCUT2D eigenvalue weighted by Gasteiger charge is 2.05. The van der Waals surface area contributed by atoms with Crippen molar-refractivity contribution in [3.05, 3.63) is 54.1 Å². The van der Waals surface area contributed by atoms with Crippen molar-refractivity contribution in [1.29, 1.82) is 0 Å². The monoisotopic (exact) mass is 280 g/mol. The molecule has 1 aromatic heterocycles. The smallest absolute Gasteiger partial charge is 0.224 e. The average Bonchev–Trinajstić information content (AvgIpc) is 2.85. The number of aromatic amines is 1. The number of aryl methyl sites for hydroxylation is 1. The fraction of sp³-hybridized carbons (Fsp3) is 0.125. The minimum absolute atomic E-state index is 0.00862. The average molecular weight is 280 g/mol. The lowest BCUT2D eigenvalue weighted by atomic mass is 10.1. The molecule has 0 radical (unpaired) electrons. The topological polar surface area (TPSA) is 83.8 Å². The van der Waals surface area contributed by atoms with Gasteiger partial charge in [-0.05, 0) is 30.2 Å². The Morgan fingerprint density at radius 1 is 1.19 bits per heavy atom. The van der Waals surface area contributed by atoms with Crippen LogP contribution in [0.2, 0.25) is 0 Å². The zero-order valence-corrected chi connectivity index (χ0v) is 11.5. The molecular weight excluding hydrogens is 264 g/mol. The normalized spacial score (nSPS) is 10.7. The number of fused-ring (bicyclic) bond motifs is 1. The Bertz CT molecular complexity index is 764. The van der Waals surface area contributed by atoms with Crippen molar-refractivity contribution >= 4 is 28.6 Å². The number of H-pyrrole nitrogens is 1. The molecule has 3 rings (SSSR count). The molecule has 3 aromatic rings. The number of carbonyl (C=O) groups is 1. The van der Waals surface area contributed by atoms with Gasteiger partial charge in [0.1, 0.15) is 0 Å². The van der Waals surface area contributed by atoms with Gasteiger partial charge in [0.25, 0.3) is 0 Å². The van der Waals surface area contributed by atoms with E-state index in [0.29, 0.717) is 12.4 Å². The van der Waals surface area contributed by atoms with Gasteiger partial charge in [-0.15, -0.1) is 0 Å². The van der Waals surface area contributed by atoms with Gasteiger partial charge in [-0.1, -0.05) is 30.3 Å². The van der Waals surface area contributed by atoms with E-state index in [0.717, 1.165) is 28.7 Å². The van der Waals surface area contributed by atoms with Gasteiger partial charge >= 0.3 is 0 Å². The number of aromatic nitrogens is 2. The summed E-state index contributed by atoms with van der Waals surface area (Å²) < 4.78 is 0. The van der Waals surface area contributed by atoms with Gasteiger partial charge in [-0.25, -0.2) is 4.98 Å². The standard InChI is InChI=1S/C16H16N4O/c17-16-19-13-8-7-12(10-14(13)20-16)18-15(21)9-6-11-4-2-1-3-5-11/h1-5,7-8,10H,6,9H2,(H,18,21)(H3,17,19,20). The lowest BCUT2D eigenvalue weighted by Crippen LogP contribution is -2.12. The summed E-state index contributed by atoms with van der Waals surface area (Å²) in [5.74, 6) is 0.364. The predicted octanol–water partition coefficient (Wildman–Crippen LogP) is 2.72. The summed E-state index contributed by atoms with van der Waals surface area (Å²) in [5.41, 5.74) is 9.10. The van der Waals surface area contributed by atoms with E-state index in [4.69, 9.17) is 5.73 Å². The fourth-order valence-corrected chi connectivity index (χ4v) is 2.23. The van der Waals surface area contributed by atoms with Gasteiger partial charge < -0.3 is 16.0 Å². The van der Waals surface area contributed by atoms with Crippen LogP contribution in [0.25, 0.3) is 11.0 Å². The van der Waals surface area contributed by atoms with Crippen LogP contribution in [0.5, 0.6) is 0 Å². The van der Waals surface area contributed by atoms with Crippen LogP contribution in [0.15, 0.2) is 48.5 Å². The zero-order chi connectivity index (χ0) is 14.7. The molecule has 0 bridgehead atoms. The molecule has 2 aromatic carbocycles. The van der Waals surface area contributed by atoms with Crippen molar-refractivity contribution in [1.82, 2.24) is 9.97 Å². The number of hydrogen-bond acceptors (Lipinski definition) is 3. The van der Waals surface area contributed by atoms with Crippen LogP contribution in [0, 0.1) is 0 Å². The number of amides is 1. The first-order valence-corrected chi connectivity index (χ1v) is 6.80. The molecule has 4 N–H and O–H groups in total. The van der Waals surface area contributed by atoms with Crippen LogP contribution in [0.4, 0.5) is 11.6 Å². The lowest BCUT2D eigenvalue weighted by Gasteiger charge is -2.05. The molecule has 0 atom stereocenters. The first-order valence-electron chi connectivity index (χ1n) is 6.80. The third-order valence-corrected chi connectivity index (χ3v) is 3.27. The summed E-state index contributed by atoms with van der Waals surface area (Å²) in [6.07, 6.45) is 1.18. The number of nitrogens with zero attached hydrogens (tertiary/aromatic N) is 1. The highest BCUT2D eigenvalue weighted by Crippen LogP contribution is 2.18. The minimum atomic E-state index is -0.00862. The van der Waals surface area contributed by atoms with Crippen LogP contribution >= 0.6 is 0 Å². The van der Waals surface area contributed by atoms with E-state index in [-0.39, 0.29) is 5.91 Å². The number of imidazole rings is 1. The largest absolute Gasteiger partial charge is 0.369 e. The Kier molecular flexibility index (Phi) is 3.55. The fourth-order valence-electron chi connectivity index (χ4n) is 2.23. The summed E-state index contributed by atoms with van der Waals surface area (Å²) in [6, 6.07) is 15.4. The number of nitrogen functional groups attached to an aromatic ring is 1. The molecule has 1 heterocycles. The molecule has 0 unspecified atom stereocenters. The Morgan fingerprint density at radius 2 is 2.00 bits per heavy atom. The van der Waals surface area contributed by atoms with Crippen molar-refractivity contribution < 1.29 is 4.79 Å². The maximum Gasteiger partial charge on any atom is 0.224 e. The molecular formula is C16H16N4O. The molecule has 0 aliphatic rings. The maximum absolute atomic E-state index is 12.0. The van der Waals surface area contributed by atoms with Crippen LogP contribution in [-0.2, 0) is 11.2 Å². The minimum Gasteiger partial charge on any atom is -0.369 e. The predicted molar refractivity (Wildman–Crippen MR) is 83.9 cm³/mol. The highest BCUT2D eigenvalue weighted by molar-refractivity contribution is 5.93. The second-order valence-corrected chi connectivity index (χ2v) is 4.89. The first-order chi connectivity index (χ1) is 10.2. The molecule has 21 heavy (non-hydrogen) atoms. The molecule has 5 heteroatoms. The van der Waals surface area contributed by atoms with Crippen molar-refractivity contribution in [3.8, 4) is 0 Å². The molecule has 106 valence electrons. The van der Waals surface area contributed by atoms with Gasteiger partial charge in [0.05, 0.1) is 11.0 Å². The van der Waals surface area contributed by atoms with Crippen LogP contribution in [-0.4, -0.2) is 15.9 Å². The lowest BCUT2D eigenvalue weighted by molar-refractivity contribution is -0.116. The van der Waals surface area contributed by atoms with Crippen LogP contribution < -0.4 is 11.1 Å². The SMILES string of the molecule is Nc1nc2ccc(NC(=O)CCc3ccccc3)cc2[nH]1.